The van der Waals surface area contributed by atoms with E-state index in [-0.39, 0.29) is 23.1 Å². The van der Waals surface area contributed by atoms with Gasteiger partial charge in [0.1, 0.15) is 11.7 Å². The molecule has 0 radical (unpaired) electrons. The number of rotatable bonds is 2. The minimum Gasteiger partial charge on any atom is -0.370 e. The second kappa shape index (κ2) is 6.57. The molecule has 6 nitrogen and oxygen atoms in total. The maximum atomic E-state index is 12.8. The minimum absolute atomic E-state index is 0.185. The van der Waals surface area contributed by atoms with Gasteiger partial charge in [-0.1, -0.05) is 0 Å². The van der Waals surface area contributed by atoms with Gasteiger partial charge in [-0.2, -0.15) is 0 Å². The van der Waals surface area contributed by atoms with Crippen LogP contribution in [0, 0.1) is 20.8 Å². The third kappa shape index (κ3) is 3.23. The molecule has 1 fully saturated rings. The molecule has 2 aromatic rings. The molecular weight excluding hydrogens is 306 g/mol. The summed E-state index contributed by atoms with van der Waals surface area (Å²) in [5, 5.41) is 0. The Morgan fingerprint density at radius 3 is 2.88 bits per heavy atom. The van der Waals surface area contributed by atoms with E-state index >= 15 is 0 Å². The molecule has 0 bridgehead atoms. The zero-order valence-electron chi connectivity index (χ0n) is 14.1. The summed E-state index contributed by atoms with van der Waals surface area (Å²) in [4.78, 5) is 33.5. The van der Waals surface area contributed by atoms with E-state index < -0.39 is 0 Å². The van der Waals surface area contributed by atoms with Crippen LogP contribution < -0.4 is 5.56 Å². The van der Waals surface area contributed by atoms with Gasteiger partial charge in [0.25, 0.3) is 11.5 Å². The van der Waals surface area contributed by atoms with E-state index in [9.17, 15) is 9.59 Å². The van der Waals surface area contributed by atoms with Crippen LogP contribution in [-0.2, 0) is 4.74 Å². The summed E-state index contributed by atoms with van der Waals surface area (Å²) >= 11 is 0. The molecule has 1 N–H and O–H groups in total. The molecule has 0 spiro atoms. The predicted molar refractivity (Wildman–Crippen MR) is 90.1 cm³/mol. The number of nitrogens with one attached hydrogen (secondary N) is 1. The highest BCUT2D eigenvalue weighted by Gasteiger charge is 2.27. The fourth-order valence-corrected chi connectivity index (χ4v) is 2.86. The van der Waals surface area contributed by atoms with Gasteiger partial charge in [-0.05, 0) is 50.1 Å². The van der Waals surface area contributed by atoms with Crippen molar-refractivity contribution in [1.29, 1.82) is 0 Å². The van der Waals surface area contributed by atoms with E-state index in [1.165, 1.54) is 0 Å². The van der Waals surface area contributed by atoms with Gasteiger partial charge in [0, 0.05) is 24.1 Å². The standard InChI is InChI=1S/C18H21N3O3/c1-11-8-15(17(22)20-13(11)3)18(23)21-6-7-24-16(10-21)14-4-5-19-12(2)9-14/h4-5,8-9,16H,6-7,10H2,1-3H3,(H,20,22). The zero-order chi connectivity index (χ0) is 17.3. The van der Waals surface area contributed by atoms with Crippen LogP contribution in [-0.4, -0.2) is 40.5 Å². The number of aromatic nitrogens is 2. The highest BCUT2D eigenvalue weighted by atomic mass is 16.5. The highest BCUT2D eigenvalue weighted by Crippen LogP contribution is 2.23. The van der Waals surface area contributed by atoms with E-state index in [0.717, 1.165) is 22.5 Å². The van der Waals surface area contributed by atoms with Crippen LogP contribution in [0.3, 0.4) is 0 Å². The van der Waals surface area contributed by atoms with Gasteiger partial charge < -0.3 is 14.6 Å². The average molecular weight is 327 g/mol. The lowest BCUT2D eigenvalue weighted by Gasteiger charge is -2.33. The number of ether oxygens (including phenoxy) is 1. The number of aromatic amines is 1. The number of morpholine rings is 1. The molecule has 0 aliphatic carbocycles. The van der Waals surface area contributed by atoms with Gasteiger partial charge in [-0.25, -0.2) is 0 Å². The molecule has 3 rings (SSSR count). The quantitative estimate of drug-likeness (QED) is 0.914. The number of aryl methyl sites for hydroxylation is 3. The smallest absolute Gasteiger partial charge is 0.261 e. The molecule has 3 heterocycles. The number of carbonyl (C=O) groups is 1. The normalized spacial score (nSPS) is 17.8. The lowest BCUT2D eigenvalue weighted by atomic mass is 10.1. The third-order valence-corrected chi connectivity index (χ3v) is 4.37. The van der Waals surface area contributed by atoms with Crippen molar-refractivity contribution in [2.45, 2.75) is 26.9 Å². The van der Waals surface area contributed by atoms with Crippen molar-refractivity contribution >= 4 is 5.91 Å². The molecule has 0 saturated carbocycles. The molecule has 0 aromatic carbocycles. The number of pyridine rings is 2. The van der Waals surface area contributed by atoms with Gasteiger partial charge in [0.05, 0.1) is 13.2 Å². The van der Waals surface area contributed by atoms with Crippen molar-refractivity contribution in [3.8, 4) is 0 Å². The van der Waals surface area contributed by atoms with E-state index in [0.29, 0.717) is 19.7 Å². The molecule has 1 unspecified atom stereocenters. The predicted octanol–water partition coefficient (Wildman–Crippen LogP) is 1.91. The summed E-state index contributed by atoms with van der Waals surface area (Å²) in [6.45, 7) is 6.97. The molecule has 24 heavy (non-hydrogen) atoms. The Hall–Kier alpha value is -2.47. The Balaban J connectivity index is 1.83. The van der Waals surface area contributed by atoms with Crippen molar-refractivity contribution < 1.29 is 9.53 Å². The zero-order valence-corrected chi connectivity index (χ0v) is 14.1. The van der Waals surface area contributed by atoms with Crippen LogP contribution in [0.4, 0.5) is 0 Å². The Labute approximate surface area is 140 Å². The Bertz CT molecular complexity index is 828. The molecular formula is C18H21N3O3. The monoisotopic (exact) mass is 327 g/mol. The fourth-order valence-electron chi connectivity index (χ4n) is 2.86. The maximum Gasteiger partial charge on any atom is 0.261 e. The number of nitrogens with zero attached hydrogens (tertiary/aromatic N) is 2. The van der Waals surface area contributed by atoms with Gasteiger partial charge in [0.2, 0.25) is 0 Å². The van der Waals surface area contributed by atoms with Gasteiger partial charge in [-0.15, -0.1) is 0 Å². The number of hydrogen-bond acceptors (Lipinski definition) is 4. The minimum atomic E-state index is -0.342. The molecule has 2 aromatic heterocycles. The van der Waals surface area contributed by atoms with Crippen molar-refractivity contribution in [2.75, 3.05) is 19.7 Å². The Kier molecular flexibility index (Phi) is 4.49. The lowest BCUT2D eigenvalue weighted by molar-refractivity contribution is -0.0229. The van der Waals surface area contributed by atoms with Crippen LogP contribution in [0.25, 0.3) is 0 Å². The Morgan fingerprint density at radius 2 is 2.12 bits per heavy atom. The fraction of sp³-hybridized carbons (Fsp3) is 0.389. The maximum absolute atomic E-state index is 12.8. The van der Waals surface area contributed by atoms with Crippen molar-refractivity contribution in [3.63, 3.8) is 0 Å². The summed E-state index contributed by atoms with van der Waals surface area (Å²) in [6, 6.07) is 5.52. The SMILES string of the molecule is Cc1cc(C2CN(C(=O)c3cc(C)c(C)[nH]c3=O)CCO2)ccn1. The van der Waals surface area contributed by atoms with Gasteiger partial charge >= 0.3 is 0 Å². The number of H-pyrrole nitrogens is 1. The topological polar surface area (TPSA) is 75.3 Å². The first kappa shape index (κ1) is 16.4. The van der Waals surface area contributed by atoms with Gasteiger partial charge in [0.15, 0.2) is 0 Å². The molecule has 126 valence electrons. The molecule has 1 amide bonds. The first-order chi connectivity index (χ1) is 11.5. The van der Waals surface area contributed by atoms with Crippen LogP contribution in [0.15, 0.2) is 29.2 Å². The second-order valence-electron chi connectivity index (χ2n) is 6.16. The third-order valence-electron chi connectivity index (χ3n) is 4.37. The summed E-state index contributed by atoms with van der Waals surface area (Å²) in [6.07, 6.45) is 1.54. The number of carbonyl (C=O) groups excluding carboxylic acids is 1. The first-order valence-electron chi connectivity index (χ1n) is 7.99. The summed E-state index contributed by atoms with van der Waals surface area (Å²) in [7, 11) is 0. The van der Waals surface area contributed by atoms with Crippen molar-refractivity contribution in [2.24, 2.45) is 0 Å². The largest absolute Gasteiger partial charge is 0.370 e. The molecule has 6 heteroatoms. The van der Waals surface area contributed by atoms with Crippen LogP contribution in [0.2, 0.25) is 0 Å². The molecule has 1 saturated heterocycles. The Morgan fingerprint density at radius 1 is 1.33 bits per heavy atom. The van der Waals surface area contributed by atoms with Gasteiger partial charge in [-0.3, -0.25) is 14.6 Å². The molecule has 1 aliphatic rings. The molecule has 1 aliphatic heterocycles. The van der Waals surface area contributed by atoms with Crippen LogP contribution >= 0.6 is 0 Å². The van der Waals surface area contributed by atoms with Crippen LogP contribution in [0.5, 0.6) is 0 Å². The van der Waals surface area contributed by atoms with E-state index in [1.807, 2.05) is 32.9 Å². The first-order valence-corrected chi connectivity index (χ1v) is 7.99. The average Bonchev–Trinajstić information content (AvgIpc) is 2.58. The second-order valence-corrected chi connectivity index (χ2v) is 6.16. The van der Waals surface area contributed by atoms with E-state index in [1.54, 1.807) is 17.2 Å². The lowest BCUT2D eigenvalue weighted by Crippen LogP contribution is -2.44. The summed E-state index contributed by atoms with van der Waals surface area (Å²) < 4.78 is 5.80. The van der Waals surface area contributed by atoms with E-state index in [4.69, 9.17) is 4.74 Å². The number of amides is 1. The van der Waals surface area contributed by atoms with Crippen molar-refractivity contribution in [1.82, 2.24) is 14.9 Å². The number of hydrogen-bond donors (Lipinski definition) is 1. The van der Waals surface area contributed by atoms with Crippen LogP contribution in [0.1, 0.15) is 39.0 Å². The highest BCUT2D eigenvalue weighted by molar-refractivity contribution is 5.94. The summed E-state index contributed by atoms with van der Waals surface area (Å²) in [5.41, 5.74) is 3.42. The molecule has 1 atom stereocenters. The van der Waals surface area contributed by atoms with Crippen molar-refractivity contribution in [3.05, 3.63) is 62.8 Å². The summed E-state index contributed by atoms with van der Waals surface area (Å²) in [5.74, 6) is -0.251. The van der Waals surface area contributed by atoms with E-state index in [2.05, 4.69) is 9.97 Å².